The lowest BCUT2D eigenvalue weighted by molar-refractivity contribution is -0.135. The van der Waals surface area contributed by atoms with E-state index in [2.05, 4.69) is 0 Å². The first-order chi connectivity index (χ1) is 9.49. The Balaban J connectivity index is 1.92. The fraction of sp³-hybridized carbons (Fsp3) is 0.615. The van der Waals surface area contributed by atoms with Crippen LogP contribution in [0.15, 0.2) is 10.2 Å². The standard InChI is InChI=1S/C13H19N3O3S/c1-9-8-20-13(19)16(9)6-4-11(17)15-5-2-3-10(7-15)12(14)18/h8,10H,2-7H2,1H3,(H2,14,18)/t10-/m0/s1. The van der Waals surface area contributed by atoms with Gasteiger partial charge >= 0.3 is 4.87 Å². The number of aryl methyl sites for hydroxylation is 1. The van der Waals surface area contributed by atoms with Gasteiger partial charge in [0.05, 0.1) is 5.92 Å². The molecule has 0 aromatic carbocycles. The van der Waals surface area contributed by atoms with E-state index in [1.807, 2.05) is 6.92 Å². The topological polar surface area (TPSA) is 85.4 Å². The van der Waals surface area contributed by atoms with Crippen LogP contribution in [-0.4, -0.2) is 34.4 Å². The van der Waals surface area contributed by atoms with Crippen molar-refractivity contribution < 1.29 is 9.59 Å². The molecule has 2 N–H and O–H groups in total. The fourth-order valence-corrected chi connectivity index (χ4v) is 3.24. The highest BCUT2D eigenvalue weighted by Crippen LogP contribution is 2.17. The zero-order valence-electron chi connectivity index (χ0n) is 11.5. The van der Waals surface area contributed by atoms with E-state index in [0.29, 0.717) is 19.6 Å². The molecule has 0 spiro atoms. The molecule has 0 radical (unpaired) electrons. The Hall–Kier alpha value is -1.63. The molecule has 0 bridgehead atoms. The van der Waals surface area contributed by atoms with E-state index in [1.54, 1.807) is 14.8 Å². The van der Waals surface area contributed by atoms with Crippen molar-refractivity contribution in [1.29, 1.82) is 0 Å². The number of hydrogen-bond donors (Lipinski definition) is 1. The number of primary amides is 1. The van der Waals surface area contributed by atoms with E-state index < -0.39 is 0 Å². The monoisotopic (exact) mass is 297 g/mol. The van der Waals surface area contributed by atoms with Gasteiger partial charge in [-0.3, -0.25) is 14.4 Å². The molecule has 20 heavy (non-hydrogen) atoms. The predicted molar refractivity (Wildman–Crippen MR) is 76.4 cm³/mol. The van der Waals surface area contributed by atoms with Crippen LogP contribution in [0.4, 0.5) is 0 Å². The number of nitrogens with two attached hydrogens (primary N) is 1. The second kappa shape index (κ2) is 6.21. The Labute approximate surface area is 121 Å². The molecule has 1 saturated heterocycles. The summed E-state index contributed by atoms with van der Waals surface area (Å²) in [5.74, 6) is -0.598. The number of thiazole rings is 1. The Morgan fingerprint density at radius 1 is 1.50 bits per heavy atom. The number of piperidine rings is 1. The van der Waals surface area contributed by atoms with Crippen molar-refractivity contribution in [2.45, 2.75) is 32.7 Å². The molecule has 1 aliphatic rings. The molecule has 2 rings (SSSR count). The fourth-order valence-electron chi connectivity index (χ4n) is 2.48. The normalized spacial score (nSPS) is 19.1. The Morgan fingerprint density at radius 3 is 2.85 bits per heavy atom. The molecule has 1 atom stereocenters. The molecule has 2 heterocycles. The highest BCUT2D eigenvalue weighted by molar-refractivity contribution is 7.07. The van der Waals surface area contributed by atoms with Crippen LogP contribution in [0, 0.1) is 12.8 Å². The summed E-state index contributed by atoms with van der Waals surface area (Å²) in [4.78, 5) is 36.6. The predicted octanol–water partition coefficient (Wildman–Crippen LogP) is 0.332. The molecule has 110 valence electrons. The van der Waals surface area contributed by atoms with Crippen molar-refractivity contribution in [2.75, 3.05) is 13.1 Å². The zero-order chi connectivity index (χ0) is 14.7. The number of aromatic nitrogens is 1. The van der Waals surface area contributed by atoms with Crippen molar-refractivity contribution in [3.63, 3.8) is 0 Å². The summed E-state index contributed by atoms with van der Waals surface area (Å²) in [5.41, 5.74) is 6.18. The Morgan fingerprint density at radius 2 is 2.25 bits per heavy atom. The smallest absolute Gasteiger partial charge is 0.307 e. The van der Waals surface area contributed by atoms with Crippen molar-refractivity contribution in [3.05, 3.63) is 20.7 Å². The first kappa shape index (κ1) is 14.8. The van der Waals surface area contributed by atoms with E-state index in [9.17, 15) is 14.4 Å². The van der Waals surface area contributed by atoms with Crippen molar-refractivity contribution in [1.82, 2.24) is 9.47 Å². The molecule has 0 aliphatic carbocycles. The summed E-state index contributed by atoms with van der Waals surface area (Å²) in [7, 11) is 0. The van der Waals surface area contributed by atoms with Gasteiger partial charge in [-0.2, -0.15) is 0 Å². The minimum Gasteiger partial charge on any atom is -0.369 e. The van der Waals surface area contributed by atoms with Gasteiger partial charge in [0.25, 0.3) is 0 Å². The second-order valence-electron chi connectivity index (χ2n) is 5.13. The van der Waals surface area contributed by atoms with Crippen molar-refractivity contribution >= 4 is 23.2 Å². The van der Waals surface area contributed by atoms with E-state index in [-0.39, 0.29) is 29.0 Å². The third-order valence-corrected chi connectivity index (χ3v) is 4.58. The molecule has 0 saturated carbocycles. The second-order valence-corrected chi connectivity index (χ2v) is 5.95. The molecule has 7 heteroatoms. The molecule has 2 amide bonds. The molecule has 1 aromatic rings. The van der Waals surface area contributed by atoms with Gasteiger partial charge in [0.2, 0.25) is 11.8 Å². The molecular weight excluding hydrogens is 278 g/mol. The molecule has 0 unspecified atom stereocenters. The number of carbonyl (C=O) groups excluding carboxylic acids is 2. The van der Waals surface area contributed by atoms with E-state index in [4.69, 9.17) is 5.73 Å². The maximum Gasteiger partial charge on any atom is 0.307 e. The number of hydrogen-bond acceptors (Lipinski definition) is 4. The van der Waals surface area contributed by atoms with Crippen LogP contribution in [0.1, 0.15) is 25.0 Å². The lowest BCUT2D eigenvalue weighted by Gasteiger charge is -2.31. The Bertz CT molecular complexity index is 563. The minimum absolute atomic E-state index is 0.0200. The van der Waals surface area contributed by atoms with Crippen LogP contribution >= 0.6 is 11.3 Å². The van der Waals surface area contributed by atoms with Gasteiger partial charge in [-0.05, 0) is 19.8 Å². The van der Waals surface area contributed by atoms with Gasteiger partial charge in [0.15, 0.2) is 0 Å². The van der Waals surface area contributed by atoms with E-state index >= 15 is 0 Å². The van der Waals surface area contributed by atoms with Crippen LogP contribution in [0.25, 0.3) is 0 Å². The lowest BCUT2D eigenvalue weighted by atomic mass is 9.97. The first-order valence-corrected chi connectivity index (χ1v) is 7.59. The van der Waals surface area contributed by atoms with Crippen molar-refractivity contribution in [2.24, 2.45) is 11.7 Å². The van der Waals surface area contributed by atoms with Gasteiger partial charge < -0.3 is 15.2 Å². The number of amides is 2. The summed E-state index contributed by atoms with van der Waals surface area (Å²) in [5, 5.41) is 1.79. The highest BCUT2D eigenvalue weighted by Gasteiger charge is 2.26. The summed E-state index contributed by atoms with van der Waals surface area (Å²) >= 11 is 1.14. The number of rotatable bonds is 4. The zero-order valence-corrected chi connectivity index (χ0v) is 12.3. The van der Waals surface area contributed by atoms with Gasteiger partial charge in [-0.15, -0.1) is 0 Å². The third kappa shape index (κ3) is 3.27. The third-order valence-electron chi connectivity index (χ3n) is 3.70. The molecule has 1 aliphatic heterocycles. The van der Waals surface area contributed by atoms with Crippen LogP contribution in [0.2, 0.25) is 0 Å². The van der Waals surface area contributed by atoms with Crippen LogP contribution < -0.4 is 10.6 Å². The summed E-state index contributed by atoms with van der Waals surface area (Å²) in [6, 6.07) is 0. The average Bonchev–Trinajstić information content (AvgIpc) is 2.75. The van der Waals surface area contributed by atoms with Gasteiger partial charge in [-0.25, -0.2) is 0 Å². The van der Waals surface area contributed by atoms with Crippen LogP contribution in [-0.2, 0) is 16.1 Å². The van der Waals surface area contributed by atoms with Gasteiger partial charge in [0.1, 0.15) is 0 Å². The van der Waals surface area contributed by atoms with Crippen LogP contribution in [0.5, 0.6) is 0 Å². The minimum atomic E-state index is -0.340. The SMILES string of the molecule is Cc1csc(=O)n1CCC(=O)N1CCC[C@H](C(N)=O)C1. The van der Waals surface area contributed by atoms with E-state index in [0.717, 1.165) is 29.9 Å². The maximum absolute atomic E-state index is 12.1. The maximum atomic E-state index is 12.1. The largest absolute Gasteiger partial charge is 0.369 e. The summed E-state index contributed by atoms with van der Waals surface area (Å²) in [6.45, 7) is 3.32. The van der Waals surface area contributed by atoms with E-state index in [1.165, 1.54) is 0 Å². The highest BCUT2D eigenvalue weighted by atomic mass is 32.1. The number of likely N-dealkylation sites (tertiary alicyclic amines) is 1. The molecule has 1 fully saturated rings. The van der Waals surface area contributed by atoms with Gasteiger partial charge in [0, 0.05) is 37.1 Å². The van der Waals surface area contributed by atoms with Crippen molar-refractivity contribution in [3.8, 4) is 0 Å². The average molecular weight is 297 g/mol. The lowest BCUT2D eigenvalue weighted by Crippen LogP contribution is -2.44. The molecule has 1 aromatic heterocycles. The number of nitrogens with zero attached hydrogens (tertiary/aromatic N) is 2. The first-order valence-electron chi connectivity index (χ1n) is 6.71. The number of carbonyl (C=O) groups is 2. The molecule has 6 nitrogen and oxygen atoms in total. The summed E-state index contributed by atoms with van der Waals surface area (Å²) in [6.07, 6.45) is 1.84. The molecular formula is C13H19N3O3S. The van der Waals surface area contributed by atoms with Crippen LogP contribution in [0.3, 0.4) is 0 Å². The summed E-state index contributed by atoms with van der Waals surface area (Å²) < 4.78 is 1.61. The Kier molecular flexibility index (Phi) is 4.59. The van der Waals surface area contributed by atoms with Gasteiger partial charge in [-0.1, -0.05) is 11.3 Å². The quantitative estimate of drug-likeness (QED) is 0.869.